The standard InChI is InChI=1S/C16H11FN2O3/c17-10-5-6-13(11(8-10)16(21)22)19-15(20)14-7-9-3-1-2-4-12(9)18-14/h1-8,18H,(H,19,20)(H,21,22). The predicted octanol–water partition coefficient (Wildman–Crippen LogP) is 3.26. The van der Waals surface area contributed by atoms with E-state index in [1.165, 1.54) is 6.07 Å². The van der Waals surface area contributed by atoms with Gasteiger partial charge in [-0.3, -0.25) is 4.79 Å². The highest BCUT2D eigenvalue weighted by Crippen LogP contribution is 2.20. The molecule has 0 saturated heterocycles. The topological polar surface area (TPSA) is 82.2 Å². The maximum atomic E-state index is 13.1. The largest absolute Gasteiger partial charge is 0.478 e. The Morgan fingerprint density at radius 3 is 2.59 bits per heavy atom. The van der Waals surface area contributed by atoms with Crippen LogP contribution in [0.2, 0.25) is 0 Å². The van der Waals surface area contributed by atoms with Crippen molar-refractivity contribution in [1.82, 2.24) is 4.98 Å². The Morgan fingerprint density at radius 2 is 1.86 bits per heavy atom. The van der Waals surface area contributed by atoms with Gasteiger partial charge in [0, 0.05) is 10.9 Å². The van der Waals surface area contributed by atoms with Crippen LogP contribution in [-0.2, 0) is 0 Å². The van der Waals surface area contributed by atoms with Gasteiger partial charge in [-0.05, 0) is 30.3 Å². The summed E-state index contributed by atoms with van der Waals surface area (Å²) in [5.74, 6) is -2.49. The number of carbonyl (C=O) groups excluding carboxylic acids is 1. The maximum Gasteiger partial charge on any atom is 0.337 e. The molecule has 0 radical (unpaired) electrons. The smallest absolute Gasteiger partial charge is 0.337 e. The van der Waals surface area contributed by atoms with E-state index in [1.54, 1.807) is 6.07 Å². The number of hydrogen-bond donors (Lipinski definition) is 3. The average molecular weight is 298 g/mol. The van der Waals surface area contributed by atoms with Gasteiger partial charge in [-0.15, -0.1) is 0 Å². The first-order chi connectivity index (χ1) is 10.5. The minimum Gasteiger partial charge on any atom is -0.478 e. The molecule has 3 aromatic rings. The molecular formula is C16H11FN2O3. The number of hydrogen-bond acceptors (Lipinski definition) is 2. The van der Waals surface area contributed by atoms with Gasteiger partial charge >= 0.3 is 5.97 Å². The number of benzene rings is 2. The first kappa shape index (κ1) is 13.8. The van der Waals surface area contributed by atoms with Gasteiger partial charge in [0.1, 0.15) is 11.5 Å². The number of para-hydroxylation sites is 1. The van der Waals surface area contributed by atoms with Crippen LogP contribution >= 0.6 is 0 Å². The van der Waals surface area contributed by atoms with Crippen molar-refractivity contribution in [3.05, 3.63) is 65.6 Å². The van der Waals surface area contributed by atoms with Crippen molar-refractivity contribution < 1.29 is 19.1 Å². The zero-order valence-electron chi connectivity index (χ0n) is 11.3. The van der Waals surface area contributed by atoms with Crippen LogP contribution < -0.4 is 5.32 Å². The zero-order valence-corrected chi connectivity index (χ0v) is 11.3. The van der Waals surface area contributed by atoms with Crippen LogP contribution in [-0.4, -0.2) is 22.0 Å². The molecule has 3 N–H and O–H groups in total. The van der Waals surface area contributed by atoms with Crippen molar-refractivity contribution in [2.24, 2.45) is 0 Å². The molecule has 0 bridgehead atoms. The van der Waals surface area contributed by atoms with Crippen LogP contribution in [0.1, 0.15) is 20.8 Å². The molecule has 3 rings (SSSR count). The molecule has 2 aromatic carbocycles. The predicted molar refractivity (Wildman–Crippen MR) is 79.6 cm³/mol. The number of H-pyrrole nitrogens is 1. The number of carbonyl (C=O) groups is 2. The fourth-order valence-corrected chi connectivity index (χ4v) is 2.19. The summed E-state index contributed by atoms with van der Waals surface area (Å²) in [5.41, 5.74) is 0.828. The number of aromatic amines is 1. The number of aromatic nitrogens is 1. The molecule has 1 aromatic heterocycles. The first-order valence-corrected chi connectivity index (χ1v) is 6.46. The number of aromatic carboxylic acids is 1. The maximum absolute atomic E-state index is 13.1. The Bertz CT molecular complexity index is 853. The minimum atomic E-state index is -1.31. The highest BCUT2D eigenvalue weighted by Gasteiger charge is 2.15. The number of nitrogens with one attached hydrogen (secondary N) is 2. The fraction of sp³-hybridized carbons (Fsp3) is 0. The number of carboxylic acid groups (broad SMARTS) is 1. The van der Waals surface area contributed by atoms with Gasteiger partial charge in [-0.1, -0.05) is 18.2 Å². The lowest BCUT2D eigenvalue weighted by Gasteiger charge is -2.07. The normalized spacial score (nSPS) is 10.6. The summed E-state index contributed by atoms with van der Waals surface area (Å²) >= 11 is 0. The van der Waals surface area contributed by atoms with Crippen LogP contribution in [0.5, 0.6) is 0 Å². The molecule has 6 heteroatoms. The second-order valence-corrected chi connectivity index (χ2v) is 4.72. The summed E-state index contributed by atoms with van der Waals surface area (Å²) < 4.78 is 13.1. The lowest BCUT2D eigenvalue weighted by atomic mass is 10.1. The number of fused-ring (bicyclic) bond motifs is 1. The number of carboxylic acids is 1. The van der Waals surface area contributed by atoms with Gasteiger partial charge < -0.3 is 15.4 Å². The van der Waals surface area contributed by atoms with E-state index < -0.39 is 17.7 Å². The molecule has 0 saturated carbocycles. The van der Waals surface area contributed by atoms with Crippen molar-refractivity contribution in [3.8, 4) is 0 Å². The molecule has 0 aliphatic heterocycles. The summed E-state index contributed by atoms with van der Waals surface area (Å²) in [4.78, 5) is 26.3. The van der Waals surface area contributed by atoms with Crippen LogP contribution in [0.15, 0.2) is 48.5 Å². The molecule has 0 aliphatic carbocycles. The van der Waals surface area contributed by atoms with Crippen LogP contribution in [0, 0.1) is 5.82 Å². The Labute approximate surface area is 124 Å². The molecule has 110 valence electrons. The third-order valence-electron chi connectivity index (χ3n) is 3.23. The van der Waals surface area contributed by atoms with E-state index in [0.717, 1.165) is 23.0 Å². The van der Waals surface area contributed by atoms with Crippen molar-refractivity contribution in [1.29, 1.82) is 0 Å². The number of amides is 1. The summed E-state index contributed by atoms with van der Waals surface area (Å²) in [6.07, 6.45) is 0. The fourth-order valence-electron chi connectivity index (χ4n) is 2.19. The highest BCUT2D eigenvalue weighted by molar-refractivity contribution is 6.08. The number of anilines is 1. The lowest BCUT2D eigenvalue weighted by molar-refractivity contribution is 0.0697. The third kappa shape index (κ3) is 2.54. The first-order valence-electron chi connectivity index (χ1n) is 6.46. The quantitative estimate of drug-likeness (QED) is 0.694. The van der Waals surface area contributed by atoms with E-state index in [4.69, 9.17) is 5.11 Å². The molecule has 1 heterocycles. The van der Waals surface area contributed by atoms with Crippen molar-refractivity contribution in [2.75, 3.05) is 5.32 Å². The summed E-state index contributed by atoms with van der Waals surface area (Å²) in [5, 5.41) is 12.4. The Morgan fingerprint density at radius 1 is 1.09 bits per heavy atom. The minimum absolute atomic E-state index is 0.0394. The van der Waals surface area contributed by atoms with Gasteiger partial charge in [0.25, 0.3) is 5.91 Å². The second kappa shape index (κ2) is 5.33. The van der Waals surface area contributed by atoms with Crippen molar-refractivity contribution in [3.63, 3.8) is 0 Å². The zero-order chi connectivity index (χ0) is 15.7. The molecular weight excluding hydrogens is 287 g/mol. The van der Waals surface area contributed by atoms with E-state index in [-0.39, 0.29) is 11.3 Å². The monoisotopic (exact) mass is 298 g/mol. The van der Waals surface area contributed by atoms with Crippen molar-refractivity contribution in [2.45, 2.75) is 0 Å². The summed E-state index contributed by atoms with van der Waals surface area (Å²) in [6.45, 7) is 0. The highest BCUT2D eigenvalue weighted by atomic mass is 19.1. The third-order valence-corrected chi connectivity index (χ3v) is 3.23. The van der Waals surface area contributed by atoms with Crippen LogP contribution in [0.3, 0.4) is 0 Å². The summed E-state index contributed by atoms with van der Waals surface area (Å²) in [6, 6.07) is 12.2. The van der Waals surface area contributed by atoms with Crippen LogP contribution in [0.4, 0.5) is 10.1 Å². The molecule has 1 amide bonds. The van der Waals surface area contributed by atoms with Gasteiger partial charge in [0.2, 0.25) is 0 Å². The van der Waals surface area contributed by atoms with Gasteiger partial charge in [-0.2, -0.15) is 0 Å². The van der Waals surface area contributed by atoms with Gasteiger partial charge in [0.15, 0.2) is 0 Å². The SMILES string of the molecule is O=C(Nc1ccc(F)cc1C(=O)O)c1cc2ccccc2[nH]1. The van der Waals surface area contributed by atoms with E-state index >= 15 is 0 Å². The lowest BCUT2D eigenvalue weighted by Crippen LogP contribution is -2.15. The molecule has 0 atom stereocenters. The molecule has 22 heavy (non-hydrogen) atoms. The molecule has 0 spiro atoms. The van der Waals surface area contributed by atoms with E-state index in [9.17, 15) is 14.0 Å². The summed E-state index contributed by atoms with van der Waals surface area (Å²) in [7, 11) is 0. The molecule has 0 aliphatic rings. The van der Waals surface area contributed by atoms with Gasteiger partial charge in [0.05, 0.1) is 11.3 Å². The Hall–Kier alpha value is -3.15. The van der Waals surface area contributed by atoms with Crippen molar-refractivity contribution >= 4 is 28.5 Å². The van der Waals surface area contributed by atoms with E-state index in [1.807, 2.05) is 24.3 Å². The molecule has 0 fully saturated rings. The second-order valence-electron chi connectivity index (χ2n) is 4.72. The van der Waals surface area contributed by atoms with Crippen LogP contribution in [0.25, 0.3) is 10.9 Å². The number of halogens is 1. The van der Waals surface area contributed by atoms with E-state index in [2.05, 4.69) is 10.3 Å². The molecule has 0 unspecified atom stereocenters. The Balaban J connectivity index is 1.92. The Kier molecular flexibility index (Phi) is 3.34. The average Bonchev–Trinajstić information content (AvgIpc) is 2.93. The number of rotatable bonds is 3. The molecule has 5 nitrogen and oxygen atoms in total. The van der Waals surface area contributed by atoms with Gasteiger partial charge in [-0.25, -0.2) is 9.18 Å². The van der Waals surface area contributed by atoms with E-state index in [0.29, 0.717) is 5.69 Å².